The molecule has 2 N–H and O–H groups in total. The number of hydrogen-bond donors (Lipinski definition) is 2. The molecule has 0 aromatic carbocycles. The summed E-state index contributed by atoms with van der Waals surface area (Å²) < 4.78 is 0. The molecule has 2 aliphatic heterocycles. The van der Waals surface area contributed by atoms with Crippen LogP contribution in [0.4, 0.5) is 0 Å². The van der Waals surface area contributed by atoms with Crippen molar-refractivity contribution in [2.75, 3.05) is 0 Å². The van der Waals surface area contributed by atoms with E-state index in [9.17, 15) is 9.90 Å². The summed E-state index contributed by atoms with van der Waals surface area (Å²) in [7, 11) is 0. The van der Waals surface area contributed by atoms with Crippen molar-refractivity contribution in [3.63, 3.8) is 0 Å². The van der Waals surface area contributed by atoms with Crippen molar-refractivity contribution in [2.24, 2.45) is 0 Å². The van der Waals surface area contributed by atoms with E-state index >= 15 is 0 Å². The number of rotatable bonds is 5. The number of aliphatic carboxylic acids is 1. The zero-order valence-corrected chi connectivity index (χ0v) is 23.1. The number of nitrogens with zero attached hydrogens (tertiary/aromatic N) is 2. The minimum Gasteiger partial charge on any atom is -0.550 e. The molecule has 6 heteroatoms. The molecule has 2 aliphatic rings. The van der Waals surface area contributed by atoms with Crippen molar-refractivity contribution >= 4 is 45.8 Å². The summed E-state index contributed by atoms with van der Waals surface area (Å²) in [4.78, 5) is 28.7. The van der Waals surface area contributed by atoms with Crippen molar-refractivity contribution in [1.29, 1.82) is 0 Å². The Morgan fingerprint density at radius 3 is 2.39 bits per heavy atom. The second kappa shape index (κ2) is 9.75. The number of aromatic nitrogens is 4. The molecule has 6 nitrogen and oxygen atoms in total. The van der Waals surface area contributed by atoms with Crippen molar-refractivity contribution in [1.82, 2.24) is 19.9 Å². The Kier molecular flexibility index (Phi) is 6.59. The second-order valence-electron chi connectivity index (χ2n) is 10.6. The van der Waals surface area contributed by atoms with Gasteiger partial charge in [-0.15, -0.1) is 0 Å². The summed E-state index contributed by atoms with van der Waals surface area (Å²) in [6.07, 6.45) is 5.38. The molecule has 0 fully saturated rings. The topological polar surface area (TPSA) is 97.5 Å². The predicted molar refractivity (Wildman–Crippen MR) is 154 cm³/mol. The van der Waals surface area contributed by atoms with Gasteiger partial charge in [0.1, 0.15) is 0 Å². The number of carbonyl (C=O) groups is 1. The third kappa shape index (κ3) is 4.28. The van der Waals surface area contributed by atoms with E-state index < -0.39 is 5.97 Å². The van der Waals surface area contributed by atoms with Crippen LogP contribution in [-0.2, 0) is 11.2 Å². The second-order valence-corrected chi connectivity index (χ2v) is 10.6. The van der Waals surface area contributed by atoms with Gasteiger partial charge >= 0.3 is 0 Å². The van der Waals surface area contributed by atoms with Crippen LogP contribution in [-0.4, -0.2) is 25.9 Å². The van der Waals surface area contributed by atoms with E-state index in [0.717, 1.165) is 73.5 Å². The van der Waals surface area contributed by atoms with Crippen LogP contribution in [0.25, 0.3) is 39.8 Å². The maximum Gasteiger partial charge on any atom is 0.0687 e. The first-order valence-corrected chi connectivity index (χ1v) is 13.4. The first-order valence-electron chi connectivity index (χ1n) is 13.4. The molecule has 5 rings (SSSR count). The number of H-pyrrole nitrogens is 2. The molecular weight excluding hydrogens is 472 g/mol. The molecular formula is C32H35N4O2-. The first-order chi connectivity index (χ1) is 18.1. The number of aromatic amines is 2. The molecule has 3 aromatic heterocycles. The van der Waals surface area contributed by atoms with E-state index in [1.165, 1.54) is 11.1 Å². The Labute approximate surface area is 223 Å². The smallest absolute Gasteiger partial charge is 0.0687 e. The number of carboxylic acids is 1. The third-order valence-electron chi connectivity index (χ3n) is 8.34. The SMILES string of the molecule is C=Cc1c(C)c2cc3nc(c(C)c4nc(cc5[nH]c(cc1[nH]2)c(C)c5CC)C(C)=C4)[C@@H](CCC(=O)[O-])[C@@H]3C. The van der Waals surface area contributed by atoms with Gasteiger partial charge in [-0.25, -0.2) is 4.98 Å². The Morgan fingerprint density at radius 1 is 1.00 bits per heavy atom. The van der Waals surface area contributed by atoms with Gasteiger partial charge in [0, 0.05) is 56.8 Å². The maximum atomic E-state index is 11.4. The van der Waals surface area contributed by atoms with Gasteiger partial charge in [-0.2, -0.15) is 0 Å². The van der Waals surface area contributed by atoms with Crippen LogP contribution in [0.3, 0.4) is 0 Å². The summed E-state index contributed by atoms with van der Waals surface area (Å²) in [5.41, 5.74) is 14.5. The highest BCUT2D eigenvalue weighted by atomic mass is 16.4. The van der Waals surface area contributed by atoms with Gasteiger partial charge in [0.15, 0.2) is 0 Å². The van der Waals surface area contributed by atoms with E-state index in [1.807, 2.05) is 13.0 Å². The van der Waals surface area contributed by atoms with Gasteiger partial charge < -0.3 is 19.9 Å². The van der Waals surface area contributed by atoms with Crippen LogP contribution in [0.15, 0.2) is 24.8 Å². The van der Waals surface area contributed by atoms with Crippen LogP contribution in [0, 0.1) is 20.8 Å². The fraction of sp³-hybridized carbons (Fsp3) is 0.344. The van der Waals surface area contributed by atoms with Crippen LogP contribution in [0.1, 0.15) is 96.0 Å². The average molecular weight is 508 g/mol. The molecule has 0 saturated carbocycles. The third-order valence-corrected chi connectivity index (χ3v) is 8.34. The van der Waals surface area contributed by atoms with Crippen LogP contribution >= 0.6 is 0 Å². The largest absolute Gasteiger partial charge is 0.550 e. The lowest BCUT2D eigenvalue weighted by Crippen LogP contribution is -2.22. The Bertz CT molecular complexity index is 1670. The summed E-state index contributed by atoms with van der Waals surface area (Å²) in [6.45, 7) is 16.8. The minimum atomic E-state index is -1.03. The van der Waals surface area contributed by atoms with Crippen molar-refractivity contribution in [2.45, 2.75) is 72.6 Å². The van der Waals surface area contributed by atoms with Crippen molar-refractivity contribution in [3.05, 3.63) is 75.4 Å². The number of allylic oxidation sites excluding steroid dienone is 1. The van der Waals surface area contributed by atoms with Crippen LogP contribution in [0.2, 0.25) is 0 Å². The lowest BCUT2D eigenvalue weighted by atomic mass is 9.86. The number of aryl methyl sites for hydroxylation is 3. The van der Waals surface area contributed by atoms with E-state index in [4.69, 9.17) is 9.97 Å². The van der Waals surface area contributed by atoms with Crippen molar-refractivity contribution < 1.29 is 9.90 Å². The number of carbonyl (C=O) groups excluding carboxylic acids is 1. The van der Waals surface area contributed by atoms with Gasteiger partial charge in [-0.1, -0.05) is 26.5 Å². The van der Waals surface area contributed by atoms with Gasteiger partial charge in [0.25, 0.3) is 0 Å². The molecule has 0 saturated heterocycles. The fourth-order valence-corrected chi connectivity index (χ4v) is 5.96. The maximum absolute atomic E-state index is 11.4. The van der Waals surface area contributed by atoms with E-state index in [0.29, 0.717) is 6.42 Å². The van der Waals surface area contributed by atoms with Crippen LogP contribution < -0.4 is 5.11 Å². The average Bonchev–Trinajstić information content (AvgIpc) is 3.57. The van der Waals surface area contributed by atoms with Crippen LogP contribution in [0.5, 0.6) is 0 Å². The summed E-state index contributed by atoms with van der Waals surface area (Å²) in [5, 5.41) is 11.4. The van der Waals surface area contributed by atoms with E-state index in [2.05, 4.69) is 75.4 Å². The molecule has 0 aliphatic carbocycles. The van der Waals surface area contributed by atoms with Crippen molar-refractivity contribution in [3.8, 4) is 0 Å². The molecule has 3 aromatic rings. The zero-order valence-electron chi connectivity index (χ0n) is 23.1. The number of hydrogen-bond acceptors (Lipinski definition) is 4. The van der Waals surface area contributed by atoms with Gasteiger partial charge in [-0.05, 0) is 99.1 Å². The molecule has 5 heterocycles. The van der Waals surface area contributed by atoms with E-state index in [-0.39, 0.29) is 18.3 Å². The molecule has 0 unspecified atom stereocenters. The number of fused-ring (bicyclic) bond motifs is 8. The number of nitrogens with one attached hydrogen (secondary N) is 2. The van der Waals surface area contributed by atoms with Gasteiger partial charge in [-0.3, -0.25) is 4.98 Å². The highest BCUT2D eigenvalue weighted by molar-refractivity contribution is 5.86. The van der Waals surface area contributed by atoms with E-state index in [1.54, 1.807) is 0 Å². The summed E-state index contributed by atoms with van der Waals surface area (Å²) in [5.74, 6) is -1.01. The van der Waals surface area contributed by atoms with Gasteiger partial charge in [0.2, 0.25) is 0 Å². The fourth-order valence-electron chi connectivity index (χ4n) is 5.96. The molecule has 196 valence electrons. The highest BCUT2D eigenvalue weighted by Gasteiger charge is 2.30. The molecule has 0 radical (unpaired) electrons. The Balaban J connectivity index is 1.93. The molecule has 0 spiro atoms. The molecule has 2 atom stereocenters. The lowest BCUT2D eigenvalue weighted by molar-refractivity contribution is -0.305. The molecule has 0 amide bonds. The summed E-state index contributed by atoms with van der Waals surface area (Å²) in [6, 6.07) is 6.41. The summed E-state index contributed by atoms with van der Waals surface area (Å²) >= 11 is 0. The van der Waals surface area contributed by atoms with Gasteiger partial charge in [0.05, 0.1) is 11.4 Å². The quantitative estimate of drug-likeness (QED) is 0.416. The predicted octanol–water partition coefficient (Wildman–Crippen LogP) is 6.42. The zero-order chi connectivity index (χ0) is 27.3. The Hall–Kier alpha value is -3.93. The Morgan fingerprint density at radius 2 is 1.71 bits per heavy atom. The lowest BCUT2D eigenvalue weighted by Gasteiger charge is -2.17. The highest BCUT2D eigenvalue weighted by Crippen LogP contribution is 2.42. The normalized spacial score (nSPS) is 16.9. The molecule has 38 heavy (non-hydrogen) atoms. The molecule has 8 bridgehead atoms. The monoisotopic (exact) mass is 507 g/mol. The first kappa shape index (κ1) is 25.7. The number of carboxylic acid groups (broad SMARTS) is 1. The standard InChI is InChI=1S/C32H36N4O2/c1-8-21-18(5)27-15-30-22(9-2)17(4)26(34-30)14-28-19(6)23(10-11-31(37)38)32(36-28)20(7)25-12-16(3)24(33-25)13-29(21)35-27/h9,12-15,19,23,34-35H,2,8,10-11H2,1,3-7H3,(H,37,38)/p-1/t19-,23-/m0/s1. The minimum absolute atomic E-state index is 0.00356.